The SMILES string of the molecule is C=C/C=C(\C=C/CF)CN1Cc2cnccc2C(CC)=C1C(=O)CCC. The Morgan fingerprint density at radius 1 is 1.42 bits per heavy atom. The molecule has 0 atom stereocenters. The second-order valence-corrected chi connectivity index (χ2v) is 6.28. The smallest absolute Gasteiger partial charge is 0.179 e. The van der Waals surface area contributed by atoms with Gasteiger partial charge in [-0.3, -0.25) is 9.78 Å². The predicted octanol–water partition coefficient (Wildman–Crippen LogP) is 5.03. The molecule has 0 fully saturated rings. The number of carbonyl (C=O) groups is 1. The van der Waals surface area contributed by atoms with Gasteiger partial charge < -0.3 is 4.90 Å². The van der Waals surface area contributed by atoms with Crippen molar-refractivity contribution in [3.63, 3.8) is 0 Å². The third-order valence-electron chi connectivity index (χ3n) is 4.41. The average Bonchev–Trinajstić information content (AvgIpc) is 2.65. The van der Waals surface area contributed by atoms with Crippen molar-refractivity contribution in [1.29, 1.82) is 0 Å². The van der Waals surface area contributed by atoms with Gasteiger partial charge >= 0.3 is 0 Å². The Labute approximate surface area is 155 Å². The van der Waals surface area contributed by atoms with Crippen molar-refractivity contribution in [1.82, 2.24) is 9.88 Å². The molecule has 138 valence electrons. The number of Topliss-reactive ketones (excluding diaryl/α,β-unsaturated/α-hetero) is 1. The fourth-order valence-electron chi connectivity index (χ4n) is 3.36. The molecule has 0 saturated carbocycles. The molecule has 1 aliphatic heterocycles. The highest BCUT2D eigenvalue weighted by Crippen LogP contribution is 2.34. The van der Waals surface area contributed by atoms with Crippen molar-refractivity contribution in [2.24, 2.45) is 0 Å². The van der Waals surface area contributed by atoms with Gasteiger partial charge in [-0.1, -0.05) is 44.7 Å². The van der Waals surface area contributed by atoms with E-state index >= 15 is 0 Å². The first-order valence-electron chi connectivity index (χ1n) is 9.14. The summed E-state index contributed by atoms with van der Waals surface area (Å²) in [5.74, 6) is 0.166. The van der Waals surface area contributed by atoms with Crippen LogP contribution in [-0.2, 0) is 11.3 Å². The first-order valence-corrected chi connectivity index (χ1v) is 9.14. The van der Waals surface area contributed by atoms with E-state index in [1.165, 1.54) is 6.08 Å². The van der Waals surface area contributed by atoms with E-state index in [0.29, 0.717) is 19.5 Å². The lowest BCUT2D eigenvalue weighted by Gasteiger charge is -2.34. The minimum atomic E-state index is -0.515. The Bertz CT molecular complexity index is 746. The largest absolute Gasteiger partial charge is 0.360 e. The van der Waals surface area contributed by atoms with Gasteiger partial charge in [0.05, 0.1) is 5.70 Å². The molecule has 26 heavy (non-hydrogen) atoms. The quantitative estimate of drug-likeness (QED) is 0.584. The number of halogens is 1. The maximum absolute atomic E-state index is 12.9. The number of rotatable bonds is 9. The molecule has 0 aliphatic carbocycles. The van der Waals surface area contributed by atoms with E-state index in [-0.39, 0.29) is 5.78 Å². The minimum Gasteiger partial charge on any atom is -0.360 e. The molecule has 0 aromatic carbocycles. The lowest BCUT2D eigenvalue weighted by Crippen LogP contribution is -2.33. The zero-order valence-corrected chi connectivity index (χ0v) is 15.7. The number of nitrogens with zero attached hydrogens (tertiary/aromatic N) is 2. The van der Waals surface area contributed by atoms with E-state index < -0.39 is 6.67 Å². The van der Waals surface area contributed by atoms with E-state index in [1.54, 1.807) is 18.3 Å². The molecular formula is C22H27FN2O. The minimum absolute atomic E-state index is 0.166. The number of carbonyl (C=O) groups excluding carboxylic acids is 1. The molecule has 0 radical (unpaired) electrons. The third-order valence-corrected chi connectivity index (χ3v) is 4.41. The molecular weight excluding hydrogens is 327 g/mol. The molecule has 1 aliphatic rings. The number of aromatic nitrogens is 1. The van der Waals surface area contributed by atoms with Crippen molar-refractivity contribution in [3.05, 3.63) is 71.7 Å². The second kappa shape index (κ2) is 9.85. The number of hydrogen-bond acceptors (Lipinski definition) is 3. The third kappa shape index (κ3) is 4.57. The van der Waals surface area contributed by atoms with Crippen LogP contribution in [-0.4, -0.2) is 28.9 Å². The zero-order valence-electron chi connectivity index (χ0n) is 15.7. The van der Waals surface area contributed by atoms with E-state index in [4.69, 9.17) is 0 Å². The van der Waals surface area contributed by atoms with Gasteiger partial charge in [0.15, 0.2) is 5.78 Å². The summed E-state index contributed by atoms with van der Waals surface area (Å²) in [6.07, 6.45) is 12.5. The van der Waals surface area contributed by atoms with Crippen molar-refractivity contribution < 1.29 is 9.18 Å². The summed E-state index contributed by atoms with van der Waals surface area (Å²) in [7, 11) is 0. The van der Waals surface area contributed by atoms with Crippen molar-refractivity contribution in [3.8, 4) is 0 Å². The molecule has 0 amide bonds. The van der Waals surface area contributed by atoms with Crippen LogP contribution >= 0.6 is 0 Å². The van der Waals surface area contributed by atoms with Gasteiger partial charge in [0, 0.05) is 31.9 Å². The number of allylic oxidation sites excluding steroid dienone is 5. The summed E-state index contributed by atoms with van der Waals surface area (Å²) < 4.78 is 12.6. The summed E-state index contributed by atoms with van der Waals surface area (Å²) in [5.41, 5.74) is 5.01. The highest BCUT2D eigenvalue weighted by atomic mass is 19.1. The van der Waals surface area contributed by atoms with Gasteiger partial charge in [-0.25, -0.2) is 4.39 Å². The zero-order chi connectivity index (χ0) is 18.9. The molecule has 0 spiro atoms. The number of pyridine rings is 1. The van der Waals surface area contributed by atoms with Crippen LogP contribution < -0.4 is 0 Å². The molecule has 2 rings (SSSR count). The highest BCUT2D eigenvalue weighted by molar-refractivity contribution is 6.02. The maximum atomic E-state index is 12.9. The fraction of sp³-hybridized carbons (Fsp3) is 0.364. The van der Waals surface area contributed by atoms with Gasteiger partial charge in [-0.05, 0) is 41.2 Å². The molecule has 1 aromatic heterocycles. The second-order valence-electron chi connectivity index (χ2n) is 6.28. The average molecular weight is 354 g/mol. The Hall–Kier alpha value is -2.49. The van der Waals surface area contributed by atoms with Crippen LogP contribution in [0.4, 0.5) is 4.39 Å². The topological polar surface area (TPSA) is 33.2 Å². The summed E-state index contributed by atoms with van der Waals surface area (Å²) in [6.45, 7) is 8.47. The normalized spacial score (nSPS) is 14.7. The Morgan fingerprint density at radius 2 is 2.23 bits per heavy atom. The Morgan fingerprint density at radius 3 is 2.88 bits per heavy atom. The van der Waals surface area contributed by atoms with Crippen LogP contribution in [0.25, 0.3) is 5.57 Å². The van der Waals surface area contributed by atoms with E-state index in [2.05, 4.69) is 23.4 Å². The van der Waals surface area contributed by atoms with Gasteiger partial charge in [-0.2, -0.15) is 0 Å². The van der Waals surface area contributed by atoms with Crippen LogP contribution in [0.15, 0.2) is 60.6 Å². The first-order chi connectivity index (χ1) is 12.7. The van der Waals surface area contributed by atoms with Crippen molar-refractivity contribution in [2.75, 3.05) is 13.2 Å². The van der Waals surface area contributed by atoms with Crippen LogP contribution in [0.2, 0.25) is 0 Å². The van der Waals surface area contributed by atoms with Crippen molar-refractivity contribution in [2.45, 2.75) is 39.7 Å². The van der Waals surface area contributed by atoms with Crippen LogP contribution in [0.1, 0.15) is 44.2 Å². The summed E-state index contributed by atoms with van der Waals surface area (Å²) in [5, 5.41) is 0. The molecule has 0 saturated heterocycles. The molecule has 4 heteroatoms. The summed E-state index contributed by atoms with van der Waals surface area (Å²) in [4.78, 5) is 19.2. The van der Waals surface area contributed by atoms with E-state index in [1.807, 2.05) is 25.3 Å². The van der Waals surface area contributed by atoms with Crippen LogP contribution in [0.3, 0.4) is 0 Å². The first kappa shape index (κ1) is 19.8. The predicted molar refractivity (Wildman–Crippen MR) is 105 cm³/mol. The molecule has 3 nitrogen and oxygen atoms in total. The maximum Gasteiger partial charge on any atom is 0.179 e. The van der Waals surface area contributed by atoms with E-state index in [0.717, 1.165) is 40.8 Å². The molecule has 0 N–H and O–H groups in total. The highest BCUT2D eigenvalue weighted by Gasteiger charge is 2.28. The lowest BCUT2D eigenvalue weighted by molar-refractivity contribution is -0.117. The van der Waals surface area contributed by atoms with Crippen LogP contribution in [0.5, 0.6) is 0 Å². The molecule has 2 heterocycles. The fourth-order valence-corrected chi connectivity index (χ4v) is 3.36. The van der Waals surface area contributed by atoms with Gasteiger partial charge in [0.1, 0.15) is 6.67 Å². The number of hydrogen-bond donors (Lipinski definition) is 0. The van der Waals surface area contributed by atoms with Gasteiger partial charge in [-0.15, -0.1) is 0 Å². The van der Waals surface area contributed by atoms with Gasteiger partial charge in [0.25, 0.3) is 0 Å². The summed E-state index contributed by atoms with van der Waals surface area (Å²) >= 11 is 0. The van der Waals surface area contributed by atoms with Gasteiger partial charge in [0.2, 0.25) is 0 Å². The summed E-state index contributed by atoms with van der Waals surface area (Å²) in [6, 6.07) is 1.99. The standard InChI is InChI=1S/C22H27FN2O/c1-4-8-17(10-7-12-23)15-25-16-18-14-24-13-11-20(18)19(6-3)22(25)21(26)9-5-2/h4,7-8,10-11,13-14H,1,5-6,9,12,15-16H2,2-3H3/b10-7-,17-8+. The molecule has 0 bridgehead atoms. The number of fused-ring (bicyclic) bond motifs is 1. The number of alkyl halides is 1. The Balaban J connectivity index is 2.49. The number of ketones is 1. The molecule has 1 aromatic rings. The lowest BCUT2D eigenvalue weighted by atomic mass is 9.90. The van der Waals surface area contributed by atoms with E-state index in [9.17, 15) is 9.18 Å². The van der Waals surface area contributed by atoms with Crippen LogP contribution in [0, 0.1) is 0 Å². The van der Waals surface area contributed by atoms with Crippen molar-refractivity contribution >= 4 is 11.4 Å². The molecule has 0 unspecified atom stereocenters. The monoisotopic (exact) mass is 354 g/mol. The Kier molecular flexibility index (Phi) is 7.52.